The third kappa shape index (κ3) is 3.81. The Hall–Kier alpha value is -2.73. The molecule has 0 radical (unpaired) electrons. The van der Waals surface area contributed by atoms with Gasteiger partial charge < -0.3 is 15.1 Å². The highest BCUT2D eigenvalue weighted by atomic mass is 32.1. The number of amides is 1. The van der Waals surface area contributed by atoms with Crippen molar-refractivity contribution in [3.8, 4) is 11.5 Å². The summed E-state index contributed by atoms with van der Waals surface area (Å²) in [7, 11) is 0. The molecule has 1 aromatic heterocycles. The highest BCUT2D eigenvalue weighted by Crippen LogP contribution is 2.61. The lowest BCUT2D eigenvalue weighted by molar-refractivity contribution is -0.127. The number of anilines is 1. The molecule has 2 N–H and O–H groups in total. The molecule has 164 valence electrons. The lowest BCUT2D eigenvalue weighted by Gasteiger charge is -2.56. The van der Waals surface area contributed by atoms with Gasteiger partial charge in [0.25, 0.3) is 0 Å². The lowest BCUT2D eigenvalue weighted by atomic mass is 9.49. The van der Waals surface area contributed by atoms with E-state index in [2.05, 4.69) is 15.6 Å². The van der Waals surface area contributed by atoms with Gasteiger partial charge in [-0.05, 0) is 104 Å². The summed E-state index contributed by atoms with van der Waals surface area (Å²) in [6.07, 6.45) is 8.42. The molecule has 32 heavy (non-hydrogen) atoms. The minimum atomic E-state index is 0.0401. The summed E-state index contributed by atoms with van der Waals surface area (Å²) in [5.41, 5.74) is 3.39. The second-order valence-corrected chi connectivity index (χ2v) is 10.6. The number of fused-ring (bicyclic) bond motifs is 1. The van der Waals surface area contributed by atoms with Gasteiger partial charge in [0.05, 0.1) is 0 Å². The molecule has 4 bridgehead atoms. The SMILES string of the molecule is O=C(CC12CC3CC(CC(C3)C1)C2)NC(=S)Nc1ccc2oc(-c3ccccc3)nc2c1. The number of hydrogen-bond acceptors (Lipinski definition) is 4. The van der Waals surface area contributed by atoms with Crippen molar-refractivity contribution in [1.29, 1.82) is 0 Å². The van der Waals surface area contributed by atoms with Gasteiger partial charge in [0.15, 0.2) is 10.7 Å². The molecule has 4 aliphatic carbocycles. The van der Waals surface area contributed by atoms with Crippen LogP contribution >= 0.6 is 12.2 Å². The van der Waals surface area contributed by atoms with Crippen LogP contribution in [-0.4, -0.2) is 16.0 Å². The number of carbonyl (C=O) groups is 1. The number of oxazole rings is 1. The van der Waals surface area contributed by atoms with Crippen LogP contribution < -0.4 is 10.6 Å². The van der Waals surface area contributed by atoms with E-state index >= 15 is 0 Å². The highest BCUT2D eigenvalue weighted by Gasteiger charge is 2.51. The Balaban J connectivity index is 1.10. The molecule has 0 aliphatic heterocycles. The van der Waals surface area contributed by atoms with Crippen molar-refractivity contribution in [3.05, 3.63) is 48.5 Å². The maximum atomic E-state index is 12.8. The third-order valence-electron chi connectivity index (χ3n) is 7.62. The summed E-state index contributed by atoms with van der Waals surface area (Å²) >= 11 is 5.44. The maximum absolute atomic E-state index is 12.8. The van der Waals surface area contributed by atoms with Crippen LogP contribution in [0.1, 0.15) is 44.9 Å². The van der Waals surface area contributed by atoms with E-state index in [1.54, 1.807) is 0 Å². The van der Waals surface area contributed by atoms with Crippen LogP contribution in [0.2, 0.25) is 0 Å². The number of benzene rings is 2. The van der Waals surface area contributed by atoms with E-state index in [1.807, 2.05) is 48.5 Å². The number of aromatic nitrogens is 1. The molecular formula is C26H27N3O2S. The molecule has 5 nitrogen and oxygen atoms in total. The summed E-state index contributed by atoms with van der Waals surface area (Å²) in [5.74, 6) is 3.15. The standard InChI is InChI=1S/C26H27N3O2S/c30-23(15-26-12-16-8-17(13-26)10-18(9-16)14-26)29-25(32)27-20-6-7-22-21(11-20)28-24(31-22)19-4-2-1-3-5-19/h1-7,11,16-18H,8-10,12-15H2,(H2,27,29,30,32). The summed E-state index contributed by atoms with van der Waals surface area (Å²) in [6, 6.07) is 15.5. The van der Waals surface area contributed by atoms with E-state index in [0.717, 1.165) is 34.5 Å². The first-order chi connectivity index (χ1) is 15.5. The predicted molar refractivity (Wildman–Crippen MR) is 129 cm³/mol. The van der Waals surface area contributed by atoms with E-state index in [0.29, 0.717) is 23.0 Å². The lowest BCUT2D eigenvalue weighted by Crippen LogP contribution is -2.48. The molecule has 7 rings (SSSR count). The Morgan fingerprint density at radius 2 is 1.72 bits per heavy atom. The Kier molecular flexibility index (Phi) is 4.79. The van der Waals surface area contributed by atoms with Gasteiger partial charge in [-0.15, -0.1) is 0 Å². The first-order valence-corrected chi connectivity index (χ1v) is 12.0. The molecule has 0 spiro atoms. The number of nitrogens with zero attached hydrogens (tertiary/aromatic N) is 1. The molecule has 0 unspecified atom stereocenters. The smallest absolute Gasteiger partial charge is 0.227 e. The quantitative estimate of drug-likeness (QED) is 0.488. The zero-order valence-corrected chi connectivity index (χ0v) is 18.8. The minimum Gasteiger partial charge on any atom is -0.436 e. The summed E-state index contributed by atoms with van der Waals surface area (Å²) in [6.45, 7) is 0. The number of hydrogen-bond donors (Lipinski definition) is 2. The van der Waals surface area contributed by atoms with E-state index in [9.17, 15) is 4.79 Å². The molecule has 3 aromatic rings. The Bertz CT molecular complexity index is 1150. The molecule has 6 heteroatoms. The van der Waals surface area contributed by atoms with E-state index in [1.165, 1.54) is 38.5 Å². The van der Waals surface area contributed by atoms with Crippen LogP contribution in [0.15, 0.2) is 52.9 Å². The van der Waals surface area contributed by atoms with Crippen molar-refractivity contribution >= 4 is 40.0 Å². The fraction of sp³-hybridized carbons (Fsp3) is 0.423. The van der Waals surface area contributed by atoms with Crippen LogP contribution in [0.25, 0.3) is 22.6 Å². The van der Waals surface area contributed by atoms with E-state index < -0.39 is 0 Å². The molecule has 4 aliphatic rings. The fourth-order valence-corrected chi connectivity index (χ4v) is 7.12. The Morgan fingerprint density at radius 1 is 1.03 bits per heavy atom. The van der Waals surface area contributed by atoms with Crippen LogP contribution in [-0.2, 0) is 4.79 Å². The monoisotopic (exact) mass is 445 g/mol. The van der Waals surface area contributed by atoms with Crippen molar-refractivity contribution in [3.63, 3.8) is 0 Å². The van der Waals surface area contributed by atoms with Gasteiger partial charge in [0, 0.05) is 17.7 Å². The van der Waals surface area contributed by atoms with Gasteiger partial charge in [-0.1, -0.05) is 18.2 Å². The van der Waals surface area contributed by atoms with Gasteiger partial charge in [0.1, 0.15) is 5.52 Å². The fourth-order valence-electron chi connectivity index (χ4n) is 6.89. The van der Waals surface area contributed by atoms with Crippen LogP contribution in [0.4, 0.5) is 5.69 Å². The zero-order valence-electron chi connectivity index (χ0n) is 18.0. The average Bonchev–Trinajstić information content (AvgIpc) is 3.16. The predicted octanol–water partition coefficient (Wildman–Crippen LogP) is 5.91. The van der Waals surface area contributed by atoms with E-state index in [4.69, 9.17) is 16.6 Å². The van der Waals surface area contributed by atoms with Crippen molar-refractivity contribution < 1.29 is 9.21 Å². The zero-order chi connectivity index (χ0) is 21.7. The van der Waals surface area contributed by atoms with Gasteiger partial charge in [0.2, 0.25) is 11.8 Å². The summed E-state index contributed by atoms with van der Waals surface area (Å²) in [5, 5.41) is 6.40. The topological polar surface area (TPSA) is 67.2 Å². The highest BCUT2D eigenvalue weighted by molar-refractivity contribution is 7.80. The molecule has 0 atom stereocenters. The molecule has 2 aromatic carbocycles. The van der Waals surface area contributed by atoms with Crippen molar-refractivity contribution in [2.75, 3.05) is 5.32 Å². The molecule has 4 fully saturated rings. The largest absolute Gasteiger partial charge is 0.436 e. The first kappa shape index (κ1) is 19.9. The second kappa shape index (κ2) is 7.69. The number of nitrogens with one attached hydrogen (secondary N) is 2. The van der Waals surface area contributed by atoms with E-state index in [-0.39, 0.29) is 11.3 Å². The van der Waals surface area contributed by atoms with Gasteiger partial charge >= 0.3 is 0 Å². The Morgan fingerprint density at radius 3 is 2.41 bits per heavy atom. The number of carbonyl (C=O) groups excluding carboxylic acids is 1. The summed E-state index contributed by atoms with van der Waals surface area (Å²) in [4.78, 5) is 17.4. The van der Waals surface area contributed by atoms with Gasteiger partial charge in [-0.3, -0.25) is 4.79 Å². The Labute approximate surface area is 193 Å². The number of thiocarbonyl (C=S) groups is 1. The number of rotatable bonds is 4. The van der Waals surface area contributed by atoms with Crippen LogP contribution in [0.5, 0.6) is 0 Å². The minimum absolute atomic E-state index is 0.0401. The first-order valence-electron chi connectivity index (χ1n) is 11.6. The van der Waals surface area contributed by atoms with Crippen molar-refractivity contribution in [2.24, 2.45) is 23.2 Å². The molecule has 4 saturated carbocycles. The van der Waals surface area contributed by atoms with Crippen molar-refractivity contribution in [2.45, 2.75) is 44.9 Å². The normalized spacial score (nSPS) is 28.1. The van der Waals surface area contributed by atoms with Crippen LogP contribution in [0.3, 0.4) is 0 Å². The van der Waals surface area contributed by atoms with Gasteiger partial charge in [-0.2, -0.15) is 0 Å². The van der Waals surface area contributed by atoms with Gasteiger partial charge in [-0.25, -0.2) is 4.98 Å². The summed E-state index contributed by atoms with van der Waals surface area (Å²) < 4.78 is 5.87. The molecule has 1 heterocycles. The average molecular weight is 446 g/mol. The third-order valence-corrected chi connectivity index (χ3v) is 7.82. The van der Waals surface area contributed by atoms with Crippen molar-refractivity contribution in [1.82, 2.24) is 10.3 Å². The maximum Gasteiger partial charge on any atom is 0.227 e. The second-order valence-electron chi connectivity index (χ2n) is 10.2. The molecular weight excluding hydrogens is 418 g/mol. The molecule has 1 amide bonds. The van der Waals surface area contributed by atoms with Crippen LogP contribution in [0, 0.1) is 23.2 Å². The molecule has 0 saturated heterocycles.